The van der Waals surface area contributed by atoms with Crippen LogP contribution < -0.4 is 0 Å². The van der Waals surface area contributed by atoms with Crippen LogP contribution in [0.2, 0.25) is 0 Å². The second-order valence-corrected chi connectivity index (χ2v) is 18.2. The van der Waals surface area contributed by atoms with Gasteiger partial charge in [-0.2, -0.15) is 0 Å². The second kappa shape index (κ2) is 16.2. The van der Waals surface area contributed by atoms with E-state index in [0.29, 0.717) is 5.82 Å². The standard InChI is InChI=1S/C66H40N4/c1-3-17-54-50(13-1)52-15-5-7-19-56(52)61-35-45(29-31-58(54)61)49-37-60(46-30-32-59-55-18-4-2-14-51(55)53-16-6-8-20-57(53)62(59)36-46)65-63(38-49)64(43-25-21-41(22-26-43)47-11-9-33-67-39-47)69-66(70-65)44-27-23-42(24-28-44)48-12-10-34-68-40-48/h1-40H. The third-order valence-corrected chi connectivity index (χ3v) is 14.2. The van der Waals surface area contributed by atoms with E-state index >= 15 is 0 Å². The van der Waals surface area contributed by atoms with Crippen molar-refractivity contribution in [2.24, 2.45) is 0 Å². The molecule has 3 aromatic heterocycles. The van der Waals surface area contributed by atoms with Gasteiger partial charge in [-0.25, -0.2) is 9.97 Å². The molecule has 70 heavy (non-hydrogen) atoms. The monoisotopic (exact) mass is 888 g/mol. The predicted octanol–water partition coefficient (Wildman–Crippen LogP) is 17.3. The molecule has 4 heteroatoms. The summed E-state index contributed by atoms with van der Waals surface area (Å²) in [5.41, 5.74) is 12.3. The highest BCUT2D eigenvalue weighted by Crippen LogP contribution is 2.44. The number of aromatic nitrogens is 4. The first kappa shape index (κ1) is 39.8. The Bertz CT molecular complexity index is 4310. The third kappa shape index (κ3) is 6.53. The van der Waals surface area contributed by atoms with Gasteiger partial charge < -0.3 is 0 Å². The molecule has 14 aromatic rings. The van der Waals surface area contributed by atoms with Crippen LogP contribution in [0.15, 0.2) is 243 Å². The first-order chi connectivity index (χ1) is 34.7. The van der Waals surface area contributed by atoms with E-state index in [9.17, 15) is 0 Å². The lowest BCUT2D eigenvalue weighted by molar-refractivity contribution is 1.23. The summed E-state index contributed by atoms with van der Waals surface area (Å²) in [7, 11) is 0. The molecule has 0 N–H and O–H groups in total. The molecule has 3 heterocycles. The van der Waals surface area contributed by atoms with E-state index in [1.807, 2.05) is 30.7 Å². The SMILES string of the molecule is c1cncc(-c2ccc(-c3nc(-c4ccc(-c5cccnc5)cc4)c4cc(-c5ccc6c7ccccc7c7ccccc7c6c5)cc(-c5ccc6c7ccccc7c7ccccc7c6c5)c4n3)cc2)c1. The Kier molecular flexibility index (Phi) is 9.17. The van der Waals surface area contributed by atoms with Crippen LogP contribution in [0.4, 0.5) is 0 Å². The lowest BCUT2D eigenvalue weighted by Gasteiger charge is -2.17. The molecular formula is C66H40N4. The molecule has 0 saturated heterocycles. The Balaban J connectivity index is 1.06. The van der Waals surface area contributed by atoms with E-state index in [4.69, 9.17) is 9.97 Å². The summed E-state index contributed by atoms with van der Waals surface area (Å²) in [6.45, 7) is 0. The first-order valence-electron chi connectivity index (χ1n) is 23.7. The van der Waals surface area contributed by atoms with Crippen LogP contribution in [0.5, 0.6) is 0 Å². The van der Waals surface area contributed by atoms with E-state index in [1.54, 1.807) is 6.20 Å². The predicted molar refractivity (Wildman–Crippen MR) is 293 cm³/mol. The fourth-order valence-electron chi connectivity index (χ4n) is 10.8. The van der Waals surface area contributed by atoms with Gasteiger partial charge in [0.25, 0.3) is 0 Å². The Labute approximate surface area is 403 Å². The van der Waals surface area contributed by atoms with Crippen LogP contribution in [-0.2, 0) is 0 Å². The van der Waals surface area contributed by atoms with E-state index in [-0.39, 0.29) is 0 Å². The molecule has 0 spiro atoms. The Morgan fingerprint density at radius 1 is 0.229 bits per heavy atom. The van der Waals surface area contributed by atoms with Crippen LogP contribution in [-0.4, -0.2) is 19.9 Å². The highest BCUT2D eigenvalue weighted by Gasteiger charge is 2.20. The van der Waals surface area contributed by atoms with Crippen LogP contribution in [0.25, 0.3) is 143 Å². The van der Waals surface area contributed by atoms with Gasteiger partial charge in [0.15, 0.2) is 5.82 Å². The maximum absolute atomic E-state index is 5.60. The Hall–Kier alpha value is -9.38. The number of hydrogen-bond donors (Lipinski definition) is 0. The summed E-state index contributed by atoms with van der Waals surface area (Å²) >= 11 is 0. The minimum atomic E-state index is 0.659. The van der Waals surface area contributed by atoms with Crippen molar-refractivity contribution in [3.63, 3.8) is 0 Å². The highest BCUT2D eigenvalue weighted by molar-refractivity contribution is 6.27. The highest BCUT2D eigenvalue weighted by atomic mass is 14.9. The summed E-state index contributed by atoms with van der Waals surface area (Å²) < 4.78 is 0. The number of hydrogen-bond acceptors (Lipinski definition) is 4. The van der Waals surface area contributed by atoms with Gasteiger partial charge in [0.1, 0.15) is 0 Å². The topological polar surface area (TPSA) is 51.6 Å². The summed E-state index contributed by atoms with van der Waals surface area (Å²) in [6.07, 6.45) is 7.42. The van der Waals surface area contributed by atoms with Crippen molar-refractivity contribution in [3.8, 4) is 67.2 Å². The van der Waals surface area contributed by atoms with Gasteiger partial charge in [-0.05, 0) is 140 Å². The van der Waals surface area contributed by atoms with Crippen molar-refractivity contribution in [1.29, 1.82) is 0 Å². The molecule has 0 radical (unpaired) electrons. The lowest BCUT2D eigenvalue weighted by atomic mass is 9.88. The molecule has 0 unspecified atom stereocenters. The molecule has 0 atom stereocenters. The summed E-state index contributed by atoms with van der Waals surface area (Å²) in [5.74, 6) is 0.659. The number of nitrogens with zero attached hydrogens (tertiary/aromatic N) is 4. The molecule has 14 rings (SSSR count). The largest absolute Gasteiger partial charge is 0.264 e. The van der Waals surface area contributed by atoms with Crippen LogP contribution in [0.1, 0.15) is 0 Å². The Morgan fingerprint density at radius 3 is 1.09 bits per heavy atom. The van der Waals surface area contributed by atoms with Crippen molar-refractivity contribution < 1.29 is 0 Å². The molecule has 4 nitrogen and oxygen atoms in total. The van der Waals surface area contributed by atoms with Gasteiger partial charge in [-0.1, -0.05) is 182 Å². The van der Waals surface area contributed by atoms with Crippen molar-refractivity contribution in [1.82, 2.24) is 19.9 Å². The molecule has 324 valence electrons. The van der Waals surface area contributed by atoms with Gasteiger partial charge in [0, 0.05) is 46.9 Å². The second-order valence-electron chi connectivity index (χ2n) is 18.2. The zero-order valence-corrected chi connectivity index (χ0v) is 37.9. The van der Waals surface area contributed by atoms with Crippen molar-refractivity contribution in [2.45, 2.75) is 0 Å². The third-order valence-electron chi connectivity index (χ3n) is 14.2. The zero-order chi connectivity index (χ0) is 46.1. The fourth-order valence-corrected chi connectivity index (χ4v) is 10.8. The van der Waals surface area contributed by atoms with Gasteiger partial charge in [-0.15, -0.1) is 0 Å². The van der Waals surface area contributed by atoms with Gasteiger partial charge in [-0.3, -0.25) is 9.97 Å². The summed E-state index contributed by atoms with van der Waals surface area (Å²) in [4.78, 5) is 19.9. The van der Waals surface area contributed by atoms with Crippen LogP contribution in [0, 0.1) is 0 Å². The number of rotatable bonds is 6. The zero-order valence-electron chi connectivity index (χ0n) is 37.9. The number of fused-ring (bicyclic) bond motifs is 13. The first-order valence-corrected chi connectivity index (χ1v) is 23.7. The normalized spacial score (nSPS) is 11.7. The average Bonchev–Trinajstić information content (AvgIpc) is 3.45. The molecule has 0 saturated carbocycles. The molecule has 0 fully saturated rings. The lowest BCUT2D eigenvalue weighted by Crippen LogP contribution is -1.98. The van der Waals surface area contributed by atoms with Crippen molar-refractivity contribution in [3.05, 3.63) is 243 Å². The maximum atomic E-state index is 5.60. The smallest absolute Gasteiger partial charge is 0.160 e. The molecule has 0 amide bonds. The van der Waals surface area contributed by atoms with E-state index in [0.717, 1.165) is 72.2 Å². The summed E-state index contributed by atoms with van der Waals surface area (Å²) in [5, 5.41) is 15.9. The van der Waals surface area contributed by atoms with Crippen molar-refractivity contribution in [2.75, 3.05) is 0 Å². The van der Waals surface area contributed by atoms with E-state index in [1.165, 1.54) is 64.6 Å². The van der Waals surface area contributed by atoms with Gasteiger partial charge in [0.2, 0.25) is 0 Å². The van der Waals surface area contributed by atoms with Gasteiger partial charge in [0.05, 0.1) is 11.2 Å². The Morgan fingerprint density at radius 2 is 0.614 bits per heavy atom. The molecule has 0 aliphatic heterocycles. The minimum absolute atomic E-state index is 0.659. The van der Waals surface area contributed by atoms with E-state index < -0.39 is 0 Å². The van der Waals surface area contributed by atoms with Gasteiger partial charge >= 0.3 is 0 Å². The van der Waals surface area contributed by atoms with Crippen LogP contribution >= 0.6 is 0 Å². The summed E-state index contributed by atoms with van der Waals surface area (Å²) in [6, 6.07) is 79.1. The molecule has 11 aromatic carbocycles. The van der Waals surface area contributed by atoms with Crippen LogP contribution in [0.3, 0.4) is 0 Å². The minimum Gasteiger partial charge on any atom is -0.264 e. The van der Waals surface area contributed by atoms with E-state index in [2.05, 4.69) is 216 Å². The number of benzene rings is 11. The maximum Gasteiger partial charge on any atom is 0.160 e. The molecule has 0 bridgehead atoms. The quantitative estimate of drug-likeness (QED) is 0.156. The average molecular weight is 889 g/mol. The number of pyridine rings is 2. The molecular weight excluding hydrogens is 849 g/mol. The molecule has 0 aliphatic carbocycles. The molecule has 0 aliphatic rings. The van der Waals surface area contributed by atoms with Crippen molar-refractivity contribution >= 4 is 75.5 Å². The fraction of sp³-hybridized carbons (Fsp3) is 0.